The van der Waals surface area contributed by atoms with Crippen LogP contribution in [0.5, 0.6) is 0 Å². The molecule has 4 rings (SSSR count). The molecule has 0 radical (unpaired) electrons. The fourth-order valence-electron chi connectivity index (χ4n) is 5.26. The maximum Gasteiger partial charge on any atom is 0.252 e. The quantitative estimate of drug-likeness (QED) is 0.539. The number of hydrogen-bond donors (Lipinski definition) is 2. The number of tetrazole rings is 1. The fourth-order valence-corrected chi connectivity index (χ4v) is 5.26. The average molecular weight is 453 g/mol. The Bertz CT molecular complexity index is 1150. The summed E-state index contributed by atoms with van der Waals surface area (Å²) in [6, 6.07) is 6.33. The van der Waals surface area contributed by atoms with Gasteiger partial charge in [-0.2, -0.15) is 0 Å². The summed E-state index contributed by atoms with van der Waals surface area (Å²) in [6.07, 6.45) is 5.84. The fraction of sp³-hybridized carbons (Fsp3) is 0.600. The monoisotopic (exact) mass is 452 g/mol. The van der Waals surface area contributed by atoms with E-state index >= 15 is 0 Å². The van der Waals surface area contributed by atoms with Crippen LogP contribution in [0.25, 0.3) is 10.9 Å². The highest BCUT2D eigenvalue weighted by Crippen LogP contribution is 2.34. The average Bonchev–Trinajstić information content (AvgIpc) is 3.27. The number of H-pyrrole nitrogens is 1. The number of nitrogens with one attached hydrogen (secondary N) is 1. The molecule has 0 bridgehead atoms. The van der Waals surface area contributed by atoms with E-state index in [1.54, 1.807) is 0 Å². The van der Waals surface area contributed by atoms with Crippen LogP contribution < -0.4 is 5.56 Å². The number of hydrogen-bond acceptors (Lipinski definition) is 6. The Balaban J connectivity index is 1.72. The molecule has 8 heteroatoms. The van der Waals surface area contributed by atoms with Crippen molar-refractivity contribution in [3.05, 3.63) is 51.1 Å². The van der Waals surface area contributed by atoms with Crippen molar-refractivity contribution < 1.29 is 5.11 Å². The molecule has 1 unspecified atom stereocenters. The third kappa shape index (κ3) is 4.87. The van der Waals surface area contributed by atoms with Gasteiger partial charge in [0.2, 0.25) is 0 Å². The molecule has 1 aromatic carbocycles. The number of aliphatic hydroxyl groups excluding tert-OH is 1. The van der Waals surface area contributed by atoms with Gasteiger partial charge in [-0.15, -0.1) is 5.10 Å². The van der Waals surface area contributed by atoms with E-state index in [0.29, 0.717) is 24.7 Å². The van der Waals surface area contributed by atoms with Gasteiger partial charge in [-0.3, -0.25) is 9.69 Å². The van der Waals surface area contributed by atoms with Gasteiger partial charge in [0.15, 0.2) is 5.82 Å². The van der Waals surface area contributed by atoms with Crippen molar-refractivity contribution in [2.24, 2.45) is 5.92 Å². The van der Waals surface area contributed by atoms with E-state index < -0.39 is 0 Å². The molecule has 2 heterocycles. The highest BCUT2D eigenvalue weighted by atomic mass is 16.3. The number of rotatable bonds is 8. The minimum absolute atomic E-state index is 0.00215. The van der Waals surface area contributed by atoms with E-state index in [2.05, 4.69) is 52.2 Å². The predicted octanol–water partition coefficient (Wildman–Crippen LogP) is 3.83. The second-order valence-electron chi connectivity index (χ2n) is 9.77. The van der Waals surface area contributed by atoms with Crippen molar-refractivity contribution in [1.82, 2.24) is 30.1 Å². The number of aromatic nitrogens is 5. The zero-order valence-corrected chi connectivity index (χ0v) is 20.2. The van der Waals surface area contributed by atoms with E-state index in [-0.39, 0.29) is 24.1 Å². The maximum atomic E-state index is 13.0. The second kappa shape index (κ2) is 10.1. The number of aryl methyl sites for hydroxylation is 2. The summed E-state index contributed by atoms with van der Waals surface area (Å²) >= 11 is 0. The zero-order valence-electron chi connectivity index (χ0n) is 20.2. The van der Waals surface area contributed by atoms with E-state index in [1.807, 2.05) is 23.7 Å². The molecule has 1 atom stereocenters. The Labute approximate surface area is 195 Å². The molecule has 8 nitrogen and oxygen atoms in total. The van der Waals surface area contributed by atoms with Crippen LogP contribution in [0.15, 0.2) is 23.0 Å². The first-order valence-electron chi connectivity index (χ1n) is 12.2. The normalized spacial score (nSPS) is 16.2. The van der Waals surface area contributed by atoms with Crippen LogP contribution in [0, 0.1) is 19.8 Å². The summed E-state index contributed by atoms with van der Waals surface area (Å²) < 4.78 is 2.01. The first-order chi connectivity index (χ1) is 15.9. The lowest BCUT2D eigenvalue weighted by Crippen LogP contribution is -2.38. The molecule has 178 valence electrons. The van der Waals surface area contributed by atoms with Crippen LogP contribution >= 0.6 is 0 Å². The summed E-state index contributed by atoms with van der Waals surface area (Å²) in [5.74, 6) is 1.03. The van der Waals surface area contributed by atoms with Gasteiger partial charge in [-0.05, 0) is 60.2 Å². The molecule has 1 aliphatic rings. The Hall–Kier alpha value is -2.58. The number of nitrogens with zero attached hydrogens (tertiary/aromatic N) is 5. The predicted molar refractivity (Wildman–Crippen MR) is 129 cm³/mol. The number of pyridine rings is 1. The molecule has 0 spiro atoms. The van der Waals surface area contributed by atoms with Crippen molar-refractivity contribution >= 4 is 10.9 Å². The number of fused-ring (bicyclic) bond motifs is 1. The molecule has 0 amide bonds. The van der Waals surface area contributed by atoms with Crippen molar-refractivity contribution in [3.8, 4) is 0 Å². The van der Waals surface area contributed by atoms with Gasteiger partial charge in [-0.25, -0.2) is 4.68 Å². The van der Waals surface area contributed by atoms with Crippen LogP contribution in [-0.2, 0) is 6.54 Å². The number of aromatic amines is 1. The van der Waals surface area contributed by atoms with Crippen molar-refractivity contribution in [2.45, 2.75) is 78.4 Å². The minimum Gasteiger partial charge on any atom is -0.395 e. The minimum atomic E-state index is -0.109. The number of aliphatic hydroxyl groups is 1. The molecule has 1 saturated carbocycles. The van der Waals surface area contributed by atoms with Gasteiger partial charge in [-0.1, -0.05) is 45.2 Å². The van der Waals surface area contributed by atoms with Crippen LogP contribution in [0.4, 0.5) is 0 Å². The Kier molecular flexibility index (Phi) is 7.24. The first-order valence-corrected chi connectivity index (χ1v) is 12.2. The molecule has 1 fully saturated rings. The van der Waals surface area contributed by atoms with E-state index in [4.69, 9.17) is 0 Å². The third-order valence-electron chi connectivity index (χ3n) is 7.01. The van der Waals surface area contributed by atoms with E-state index in [1.165, 1.54) is 19.3 Å². The molecule has 1 aliphatic carbocycles. The van der Waals surface area contributed by atoms with Crippen LogP contribution in [0.2, 0.25) is 0 Å². The smallest absolute Gasteiger partial charge is 0.252 e. The van der Waals surface area contributed by atoms with Crippen LogP contribution in [-0.4, -0.2) is 48.3 Å². The molecule has 3 aromatic rings. The Morgan fingerprint density at radius 1 is 1.18 bits per heavy atom. The van der Waals surface area contributed by atoms with Gasteiger partial charge < -0.3 is 10.1 Å². The van der Waals surface area contributed by atoms with Crippen LogP contribution in [0.3, 0.4) is 0 Å². The number of benzene rings is 1. The lowest BCUT2D eigenvalue weighted by Gasteiger charge is -2.34. The molecule has 2 N–H and O–H groups in total. The standard InChI is InChI=1S/C25H36N6O2/c1-16(2)23(24-27-28-29-31(24)20-8-6-5-7-9-20)30(12-13-32)15-19-14-21-17(3)10-11-18(4)22(21)26-25(19)33/h10-11,14,16,20,23,32H,5-9,12-13,15H2,1-4H3,(H,26,33). The molecular formula is C25H36N6O2. The van der Waals surface area contributed by atoms with Crippen molar-refractivity contribution in [1.29, 1.82) is 0 Å². The third-order valence-corrected chi connectivity index (χ3v) is 7.01. The van der Waals surface area contributed by atoms with Gasteiger partial charge in [0.25, 0.3) is 5.56 Å². The zero-order chi connectivity index (χ0) is 23.5. The van der Waals surface area contributed by atoms with Crippen molar-refractivity contribution in [2.75, 3.05) is 13.2 Å². The topological polar surface area (TPSA) is 99.9 Å². The van der Waals surface area contributed by atoms with Gasteiger partial charge in [0.1, 0.15) is 0 Å². The summed E-state index contributed by atoms with van der Waals surface area (Å²) in [5, 5.41) is 23.8. The summed E-state index contributed by atoms with van der Waals surface area (Å²) in [7, 11) is 0. The molecule has 0 aliphatic heterocycles. The largest absolute Gasteiger partial charge is 0.395 e. The van der Waals surface area contributed by atoms with Gasteiger partial charge >= 0.3 is 0 Å². The maximum absolute atomic E-state index is 13.0. The summed E-state index contributed by atoms with van der Waals surface area (Å²) in [6.45, 7) is 9.21. The van der Waals surface area contributed by atoms with E-state index in [0.717, 1.165) is 40.7 Å². The highest BCUT2D eigenvalue weighted by molar-refractivity contribution is 5.85. The van der Waals surface area contributed by atoms with Gasteiger partial charge in [0.05, 0.1) is 24.2 Å². The molecule has 2 aromatic heterocycles. The molecule has 33 heavy (non-hydrogen) atoms. The van der Waals surface area contributed by atoms with Crippen LogP contribution in [0.1, 0.15) is 80.6 Å². The lowest BCUT2D eigenvalue weighted by atomic mass is 9.94. The lowest BCUT2D eigenvalue weighted by molar-refractivity contribution is 0.103. The molecule has 0 saturated heterocycles. The summed E-state index contributed by atoms with van der Waals surface area (Å²) in [4.78, 5) is 18.3. The van der Waals surface area contributed by atoms with Crippen molar-refractivity contribution in [3.63, 3.8) is 0 Å². The second-order valence-corrected chi connectivity index (χ2v) is 9.77. The Morgan fingerprint density at radius 3 is 2.61 bits per heavy atom. The molecular weight excluding hydrogens is 416 g/mol. The first kappa shape index (κ1) is 23.6. The van der Waals surface area contributed by atoms with Gasteiger partial charge in [0, 0.05) is 24.0 Å². The summed E-state index contributed by atoms with van der Waals surface area (Å²) in [5.41, 5.74) is 3.67. The van der Waals surface area contributed by atoms with E-state index in [9.17, 15) is 9.90 Å². The SMILES string of the molecule is Cc1ccc(C)c2[nH]c(=O)c(CN(CCO)C(c3nnnn3C3CCCCC3)C(C)C)cc12. The Morgan fingerprint density at radius 2 is 1.91 bits per heavy atom. The highest BCUT2D eigenvalue weighted by Gasteiger charge is 2.32.